The molecule has 5 rings (SSSR count). The van der Waals surface area contributed by atoms with Gasteiger partial charge in [0.1, 0.15) is 5.75 Å². The van der Waals surface area contributed by atoms with Crippen molar-refractivity contribution in [2.45, 2.75) is 38.7 Å². The summed E-state index contributed by atoms with van der Waals surface area (Å²) in [4.78, 5) is 15.3. The van der Waals surface area contributed by atoms with Crippen molar-refractivity contribution in [1.82, 2.24) is 14.8 Å². The Bertz CT molecular complexity index is 1440. The number of aryl methyl sites for hydroxylation is 1. The highest BCUT2D eigenvalue weighted by Gasteiger charge is 2.25. The SMILES string of the molecule is Cc1c(Cc2ccc(-n3cc(C4CC4)cn3)cc2)c(OC(F)F)nc2c(Cl)ccc(OCC(=O)O)c12. The number of hydrogen-bond donors (Lipinski definition) is 1. The summed E-state index contributed by atoms with van der Waals surface area (Å²) in [7, 11) is 0. The van der Waals surface area contributed by atoms with E-state index in [2.05, 4.69) is 10.1 Å². The molecule has 1 aliphatic rings. The second-order valence-electron chi connectivity index (χ2n) is 8.69. The number of carboxylic acid groups (broad SMARTS) is 1. The maximum absolute atomic E-state index is 13.3. The number of benzene rings is 2. The first-order valence-electron chi connectivity index (χ1n) is 11.3. The van der Waals surface area contributed by atoms with E-state index >= 15 is 0 Å². The minimum Gasteiger partial charge on any atom is -0.481 e. The lowest BCUT2D eigenvalue weighted by Gasteiger charge is -2.18. The van der Waals surface area contributed by atoms with E-state index in [1.54, 1.807) is 6.92 Å². The van der Waals surface area contributed by atoms with Gasteiger partial charge in [-0.05, 0) is 66.6 Å². The van der Waals surface area contributed by atoms with E-state index in [-0.39, 0.29) is 28.6 Å². The first-order valence-corrected chi connectivity index (χ1v) is 11.7. The molecule has 1 N–H and O–H groups in total. The molecule has 0 bridgehead atoms. The van der Waals surface area contributed by atoms with Crippen LogP contribution in [0, 0.1) is 6.92 Å². The van der Waals surface area contributed by atoms with Crippen molar-refractivity contribution in [3.63, 3.8) is 0 Å². The summed E-state index contributed by atoms with van der Waals surface area (Å²) < 4.78 is 38.6. The van der Waals surface area contributed by atoms with Gasteiger partial charge in [-0.3, -0.25) is 0 Å². The van der Waals surface area contributed by atoms with Crippen LogP contribution in [0.3, 0.4) is 0 Å². The smallest absolute Gasteiger partial charge is 0.388 e. The van der Waals surface area contributed by atoms with Gasteiger partial charge >= 0.3 is 12.6 Å². The fourth-order valence-electron chi connectivity index (χ4n) is 4.23. The molecule has 0 spiro atoms. The van der Waals surface area contributed by atoms with Gasteiger partial charge < -0.3 is 14.6 Å². The van der Waals surface area contributed by atoms with E-state index in [0.29, 0.717) is 22.4 Å². The summed E-state index contributed by atoms with van der Waals surface area (Å²) in [5.74, 6) is -0.541. The number of rotatable bonds is 9. The number of carbonyl (C=O) groups is 1. The fraction of sp³-hybridized carbons (Fsp3) is 0.269. The molecule has 0 atom stereocenters. The van der Waals surface area contributed by atoms with E-state index < -0.39 is 19.2 Å². The first-order chi connectivity index (χ1) is 17.3. The number of hydrogen-bond acceptors (Lipinski definition) is 5. The number of halogens is 3. The number of alkyl halides is 2. The molecule has 0 unspecified atom stereocenters. The van der Waals surface area contributed by atoms with Gasteiger partial charge in [0.25, 0.3) is 0 Å². The molecule has 1 aliphatic carbocycles. The molecule has 186 valence electrons. The van der Waals surface area contributed by atoms with Gasteiger partial charge in [0.05, 0.1) is 22.4 Å². The third-order valence-corrected chi connectivity index (χ3v) is 6.48. The highest BCUT2D eigenvalue weighted by molar-refractivity contribution is 6.35. The number of ether oxygens (including phenoxy) is 2. The molecule has 0 aliphatic heterocycles. The van der Waals surface area contributed by atoms with Crippen molar-refractivity contribution < 1.29 is 28.2 Å². The fourth-order valence-corrected chi connectivity index (χ4v) is 4.42. The molecule has 0 amide bonds. The van der Waals surface area contributed by atoms with Gasteiger partial charge in [0.15, 0.2) is 6.61 Å². The third kappa shape index (κ3) is 4.97. The molecule has 7 nitrogen and oxygen atoms in total. The Hall–Kier alpha value is -3.72. The minimum atomic E-state index is -3.08. The lowest BCUT2D eigenvalue weighted by Crippen LogP contribution is -2.11. The topological polar surface area (TPSA) is 86.5 Å². The molecule has 2 aromatic carbocycles. The van der Waals surface area contributed by atoms with Gasteiger partial charge in [-0.2, -0.15) is 13.9 Å². The van der Waals surface area contributed by atoms with Crippen LogP contribution in [-0.4, -0.2) is 39.1 Å². The zero-order valence-corrected chi connectivity index (χ0v) is 20.0. The number of pyridine rings is 1. The summed E-state index contributed by atoms with van der Waals surface area (Å²) in [6.45, 7) is -1.93. The molecular weight excluding hydrogens is 492 g/mol. The largest absolute Gasteiger partial charge is 0.481 e. The van der Waals surface area contributed by atoms with Crippen molar-refractivity contribution in [3.05, 3.63) is 76.1 Å². The molecule has 36 heavy (non-hydrogen) atoms. The van der Waals surface area contributed by atoms with Crippen molar-refractivity contribution in [2.24, 2.45) is 0 Å². The summed E-state index contributed by atoms with van der Waals surface area (Å²) >= 11 is 6.30. The van der Waals surface area contributed by atoms with E-state index in [1.807, 2.05) is 41.3 Å². The van der Waals surface area contributed by atoms with Gasteiger partial charge in [-0.25, -0.2) is 14.5 Å². The van der Waals surface area contributed by atoms with Gasteiger partial charge in [-0.1, -0.05) is 23.7 Å². The Morgan fingerprint density at radius 1 is 1.22 bits per heavy atom. The van der Waals surface area contributed by atoms with Crippen LogP contribution in [0.5, 0.6) is 11.6 Å². The molecule has 1 fully saturated rings. The molecule has 4 aromatic rings. The number of nitrogens with zero attached hydrogens (tertiary/aromatic N) is 3. The van der Waals surface area contributed by atoms with Crippen LogP contribution in [0.2, 0.25) is 5.02 Å². The van der Waals surface area contributed by atoms with Crippen molar-refractivity contribution in [1.29, 1.82) is 0 Å². The van der Waals surface area contributed by atoms with Crippen LogP contribution in [0.1, 0.15) is 41.0 Å². The number of fused-ring (bicyclic) bond motifs is 1. The second-order valence-corrected chi connectivity index (χ2v) is 9.09. The van der Waals surface area contributed by atoms with Gasteiger partial charge in [0, 0.05) is 23.6 Å². The van der Waals surface area contributed by atoms with Crippen molar-refractivity contribution in [3.8, 4) is 17.3 Å². The summed E-state index contributed by atoms with van der Waals surface area (Å²) in [5, 5.41) is 14.1. The summed E-state index contributed by atoms with van der Waals surface area (Å²) in [6, 6.07) is 10.6. The highest BCUT2D eigenvalue weighted by Crippen LogP contribution is 2.40. The predicted molar refractivity (Wildman–Crippen MR) is 130 cm³/mol. The predicted octanol–water partition coefficient (Wildman–Crippen LogP) is 5.92. The van der Waals surface area contributed by atoms with E-state index in [4.69, 9.17) is 26.2 Å². The van der Waals surface area contributed by atoms with Crippen LogP contribution in [0.15, 0.2) is 48.8 Å². The molecule has 0 saturated heterocycles. The Kier molecular flexibility index (Phi) is 6.49. The highest BCUT2D eigenvalue weighted by atomic mass is 35.5. The maximum Gasteiger partial charge on any atom is 0.388 e. The van der Waals surface area contributed by atoms with Crippen molar-refractivity contribution >= 4 is 28.5 Å². The van der Waals surface area contributed by atoms with E-state index in [9.17, 15) is 13.6 Å². The summed E-state index contributed by atoms with van der Waals surface area (Å²) in [6.07, 6.45) is 6.55. The lowest BCUT2D eigenvalue weighted by atomic mass is 9.97. The lowest BCUT2D eigenvalue weighted by molar-refractivity contribution is -0.139. The molecule has 10 heteroatoms. The standard InChI is InChI=1S/C26H22ClF2N3O4/c1-14-19(10-15-2-6-18(7-3-15)32-12-17(11-30-32)16-4-5-16)25(36-26(28)29)31-24-20(27)8-9-21(23(14)24)35-13-22(33)34/h2-3,6-9,11-12,16,26H,4-5,10,13H2,1H3,(H,33,34). The quantitative estimate of drug-likeness (QED) is 0.299. The first kappa shape index (κ1) is 24.0. The average Bonchev–Trinajstić information content (AvgIpc) is 3.58. The molecule has 1 saturated carbocycles. The summed E-state index contributed by atoms with van der Waals surface area (Å²) in [5.41, 5.74) is 4.13. The Balaban J connectivity index is 1.52. The van der Waals surface area contributed by atoms with E-state index in [1.165, 1.54) is 30.5 Å². The van der Waals surface area contributed by atoms with Crippen LogP contribution in [-0.2, 0) is 11.2 Å². The Morgan fingerprint density at radius 2 is 1.97 bits per heavy atom. The van der Waals surface area contributed by atoms with Crippen LogP contribution in [0.25, 0.3) is 16.6 Å². The Morgan fingerprint density at radius 3 is 2.64 bits per heavy atom. The Labute approximate surface area is 210 Å². The number of carboxylic acids is 1. The van der Waals surface area contributed by atoms with E-state index in [0.717, 1.165) is 11.3 Å². The zero-order valence-electron chi connectivity index (χ0n) is 19.2. The van der Waals surface area contributed by atoms with Crippen LogP contribution >= 0.6 is 11.6 Å². The second kappa shape index (κ2) is 9.73. The minimum absolute atomic E-state index is 0.192. The third-order valence-electron chi connectivity index (χ3n) is 6.17. The zero-order chi connectivity index (χ0) is 25.4. The number of aromatic nitrogens is 3. The molecule has 2 aromatic heterocycles. The monoisotopic (exact) mass is 513 g/mol. The number of aliphatic carboxylic acids is 1. The molecule has 0 radical (unpaired) electrons. The molecule has 2 heterocycles. The molecular formula is C26H22ClF2N3O4. The van der Waals surface area contributed by atoms with Crippen molar-refractivity contribution in [2.75, 3.05) is 6.61 Å². The normalized spacial score (nSPS) is 13.4. The van der Waals surface area contributed by atoms with Gasteiger partial charge in [0.2, 0.25) is 5.88 Å². The van der Waals surface area contributed by atoms with Crippen LogP contribution in [0.4, 0.5) is 8.78 Å². The maximum atomic E-state index is 13.3. The average molecular weight is 514 g/mol. The van der Waals surface area contributed by atoms with Gasteiger partial charge in [-0.15, -0.1) is 0 Å². The van der Waals surface area contributed by atoms with Crippen LogP contribution < -0.4 is 9.47 Å².